The number of nitrogens with one attached hydrogen (secondary N) is 2. The summed E-state index contributed by atoms with van der Waals surface area (Å²) in [7, 11) is 1.81. The van der Waals surface area contributed by atoms with Crippen LogP contribution in [0, 0.1) is 17.5 Å². The topological polar surface area (TPSA) is 88.9 Å². The van der Waals surface area contributed by atoms with E-state index >= 15 is 0 Å². The fraction of sp³-hybridized carbons (Fsp3) is 0.263. The summed E-state index contributed by atoms with van der Waals surface area (Å²) >= 11 is 2.78. The number of carbonyl (C=O) groups excluding carboxylic acids is 2. The van der Waals surface area contributed by atoms with Gasteiger partial charge in [0.1, 0.15) is 5.82 Å². The monoisotopic (exact) mass is 469 g/mol. The number of thioether (sulfide) groups is 1. The lowest BCUT2D eigenvalue weighted by Gasteiger charge is -2.12. The second-order valence-corrected chi connectivity index (χ2v) is 8.80. The molecule has 0 aliphatic rings. The first-order chi connectivity index (χ1) is 14.8. The molecule has 0 unspecified atom stereocenters. The number of rotatable bonds is 8. The number of anilines is 1. The number of aromatic nitrogens is 3. The third-order valence-electron chi connectivity index (χ3n) is 4.22. The van der Waals surface area contributed by atoms with E-state index in [9.17, 15) is 22.8 Å². The normalized spacial score (nSPS) is 11.9. The van der Waals surface area contributed by atoms with Gasteiger partial charge in [-0.05, 0) is 30.5 Å². The van der Waals surface area contributed by atoms with Crippen molar-refractivity contribution in [1.82, 2.24) is 20.1 Å². The van der Waals surface area contributed by atoms with Crippen molar-refractivity contribution < 1.29 is 22.8 Å². The van der Waals surface area contributed by atoms with Crippen molar-refractivity contribution in [2.24, 2.45) is 7.05 Å². The highest BCUT2D eigenvalue weighted by molar-refractivity contribution is 8.00. The lowest BCUT2D eigenvalue weighted by Crippen LogP contribution is -2.37. The summed E-state index contributed by atoms with van der Waals surface area (Å²) in [5.41, 5.74) is -0.516. The molecule has 31 heavy (non-hydrogen) atoms. The highest BCUT2D eigenvalue weighted by Crippen LogP contribution is 2.23. The van der Waals surface area contributed by atoms with E-state index in [0.29, 0.717) is 17.6 Å². The van der Waals surface area contributed by atoms with E-state index in [1.165, 1.54) is 11.8 Å². The van der Waals surface area contributed by atoms with Gasteiger partial charge >= 0.3 is 0 Å². The van der Waals surface area contributed by atoms with Gasteiger partial charge in [-0.3, -0.25) is 9.59 Å². The fourth-order valence-electron chi connectivity index (χ4n) is 2.51. The van der Waals surface area contributed by atoms with Crippen molar-refractivity contribution in [2.45, 2.75) is 23.8 Å². The minimum absolute atomic E-state index is 0.450. The van der Waals surface area contributed by atoms with Crippen LogP contribution in [0.3, 0.4) is 0 Å². The van der Waals surface area contributed by atoms with E-state index in [0.717, 1.165) is 16.8 Å². The summed E-state index contributed by atoms with van der Waals surface area (Å²) < 4.78 is 41.6. The summed E-state index contributed by atoms with van der Waals surface area (Å²) in [6.07, 6.45) is 0.628. The molecule has 2 heterocycles. The lowest BCUT2D eigenvalue weighted by molar-refractivity contribution is -0.123. The first kappa shape index (κ1) is 22.8. The van der Waals surface area contributed by atoms with Crippen LogP contribution in [0.4, 0.5) is 18.9 Å². The van der Waals surface area contributed by atoms with Crippen molar-refractivity contribution in [3.63, 3.8) is 0 Å². The molecule has 2 aromatic heterocycles. The molecule has 1 atom stereocenters. The second-order valence-electron chi connectivity index (χ2n) is 6.46. The fourth-order valence-corrected chi connectivity index (χ4v) is 4.07. The Morgan fingerprint density at radius 3 is 2.68 bits per heavy atom. The molecule has 0 saturated carbocycles. The summed E-state index contributed by atoms with van der Waals surface area (Å²) in [5.74, 6) is -5.04. The van der Waals surface area contributed by atoms with Crippen LogP contribution in [-0.4, -0.2) is 38.4 Å². The van der Waals surface area contributed by atoms with Gasteiger partial charge in [0.25, 0.3) is 0 Å². The van der Waals surface area contributed by atoms with E-state index in [-0.39, 0.29) is 0 Å². The number of halogens is 3. The molecule has 3 aromatic rings. The standard InChI is InChI=1S/C19H18F3N5O2S2/c1-10(31-19-26-25-14(27(19)2)8-11-4-3-7-30-11)18(29)23-9-15(28)24-13-6-5-12(20)16(21)17(13)22/h3-7,10H,8-9H2,1-2H3,(H,23,29)(H,24,28)/t10-/m0/s1. The summed E-state index contributed by atoms with van der Waals surface area (Å²) in [5, 5.41) is 14.7. The zero-order valence-corrected chi connectivity index (χ0v) is 18.1. The number of carbonyl (C=O) groups is 2. The average molecular weight is 470 g/mol. The Labute approximate surface area is 184 Å². The van der Waals surface area contributed by atoms with Crippen molar-refractivity contribution in [2.75, 3.05) is 11.9 Å². The number of benzene rings is 1. The van der Waals surface area contributed by atoms with Crippen molar-refractivity contribution in [3.05, 3.63) is 57.8 Å². The number of amides is 2. The second kappa shape index (κ2) is 9.96. The third-order valence-corrected chi connectivity index (χ3v) is 6.23. The minimum atomic E-state index is -1.69. The summed E-state index contributed by atoms with van der Waals surface area (Å²) in [6, 6.07) is 5.54. The van der Waals surface area contributed by atoms with Crippen LogP contribution in [0.1, 0.15) is 17.6 Å². The highest BCUT2D eigenvalue weighted by Gasteiger charge is 2.20. The van der Waals surface area contributed by atoms with Crippen LogP contribution in [0.5, 0.6) is 0 Å². The molecule has 2 amide bonds. The smallest absolute Gasteiger partial charge is 0.243 e. The minimum Gasteiger partial charge on any atom is -0.346 e. The number of thiophene rings is 1. The molecule has 0 aliphatic carbocycles. The Hall–Kier alpha value is -2.86. The van der Waals surface area contributed by atoms with E-state index in [4.69, 9.17) is 0 Å². The van der Waals surface area contributed by atoms with E-state index in [1.54, 1.807) is 29.9 Å². The maximum atomic E-state index is 13.6. The van der Waals surface area contributed by atoms with Crippen LogP contribution in [-0.2, 0) is 23.1 Å². The maximum absolute atomic E-state index is 13.6. The van der Waals surface area contributed by atoms with Gasteiger partial charge in [-0.25, -0.2) is 13.2 Å². The zero-order valence-electron chi connectivity index (χ0n) is 16.5. The van der Waals surface area contributed by atoms with Crippen molar-refractivity contribution in [3.8, 4) is 0 Å². The molecular formula is C19H18F3N5O2S2. The molecule has 0 radical (unpaired) electrons. The molecule has 164 valence electrons. The van der Waals surface area contributed by atoms with Gasteiger partial charge in [0.15, 0.2) is 22.6 Å². The summed E-state index contributed by atoms with van der Waals surface area (Å²) in [6.45, 7) is 1.17. The summed E-state index contributed by atoms with van der Waals surface area (Å²) in [4.78, 5) is 25.3. The molecular weight excluding hydrogens is 451 g/mol. The molecule has 0 spiro atoms. The Bertz CT molecular complexity index is 1090. The quantitative estimate of drug-likeness (QED) is 0.391. The van der Waals surface area contributed by atoms with Crippen LogP contribution < -0.4 is 10.6 Å². The van der Waals surface area contributed by atoms with E-state index < -0.39 is 46.7 Å². The number of hydrogen-bond acceptors (Lipinski definition) is 6. The van der Waals surface area contributed by atoms with Gasteiger partial charge in [0.2, 0.25) is 11.8 Å². The average Bonchev–Trinajstić information content (AvgIpc) is 3.38. The number of nitrogens with zero attached hydrogens (tertiary/aromatic N) is 3. The molecule has 1 aromatic carbocycles. The Morgan fingerprint density at radius 1 is 1.19 bits per heavy atom. The molecule has 0 aliphatic heterocycles. The molecule has 0 saturated heterocycles. The van der Waals surface area contributed by atoms with E-state index in [2.05, 4.69) is 20.8 Å². The van der Waals surface area contributed by atoms with E-state index in [1.807, 2.05) is 17.5 Å². The first-order valence-electron chi connectivity index (χ1n) is 9.04. The van der Waals surface area contributed by atoms with Gasteiger partial charge < -0.3 is 15.2 Å². The molecule has 3 rings (SSSR count). The van der Waals surface area contributed by atoms with Crippen LogP contribution in [0.15, 0.2) is 34.8 Å². The maximum Gasteiger partial charge on any atom is 0.243 e. The van der Waals surface area contributed by atoms with Gasteiger partial charge in [-0.15, -0.1) is 21.5 Å². The Morgan fingerprint density at radius 2 is 1.97 bits per heavy atom. The van der Waals surface area contributed by atoms with Crippen molar-refractivity contribution >= 4 is 40.6 Å². The zero-order chi connectivity index (χ0) is 22.5. The third kappa shape index (κ3) is 5.64. The van der Waals surface area contributed by atoms with Gasteiger partial charge in [0, 0.05) is 18.3 Å². The van der Waals surface area contributed by atoms with Gasteiger partial charge in [0.05, 0.1) is 17.5 Å². The first-order valence-corrected chi connectivity index (χ1v) is 10.8. The molecule has 0 bridgehead atoms. The Kier molecular flexibility index (Phi) is 7.33. The van der Waals surface area contributed by atoms with Crippen LogP contribution >= 0.6 is 23.1 Å². The van der Waals surface area contributed by atoms with Gasteiger partial charge in [-0.1, -0.05) is 17.8 Å². The highest BCUT2D eigenvalue weighted by atomic mass is 32.2. The molecule has 0 fully saturated rings. The Balaban J connectivity index is 1.51. The molecule has 2 N–H and O–H groups in total. The largest absolute Gasteiger partial charge is 0.346 e. The van der Waals surface area contributed by atoms with Gasteiger partial charge in [-0.2, -0.15) is 0 Å². The molecule has 12 heteroatoms. The molecule has 7 nitrogen and oxygen atoms in total. The SMILES string of the molecule is C[C@H](Sc1nnc(Cc2cccs2)n1C)C(=O)NCC(=O)Nc1ccc(F)c(F)c1F. The van der Waals surface area contributed by atoms with Crippen LogP contribution in [0.2, 0.25) is 0 Å². The van der Waals surface area contributed by atoms with Crippen molar-refractivity contribution in [1.29, 1.82) is 0 Å². The lowest BCUT2D eigenvalue weighted by atomic mass is 10.2. The number of hydrogen-bond donors (Lipinski definition) is 2. The predicted molar refractivity (Wildman–Crippen MR) is 111 cm³/mol. The van der Waals surface area contributed by atoms with Crippen LogP contribution in [0.25, 0.3) is 0 Å². The predicted octanol–water partition coefficient (Wildman–Crippen LogP) is 3.12.